The molecule has 0 radical (unpaired) electrons. The number of carboxylic acids is 1. The minimum Gasteiger partial charge on any atom is -0.475 e. The van der Waals surface area contributed by atoms with E-state index < -0.39 is 12.1 Å². The van der Waals surface area contributed by atoms with E-state index in [0.717, 1.165) is 49.7 Å². The van der Waals surface area contributed by atoms with Crippen molar-refractivity contribution in [2.75, 3.05) is 24.5 Å². The summed E-state index contributed by atoms with van der Waals surface area (Å²) in [4.78, 5) is 38.6. The molecule has 0 bridgehead atoms. The molecule has 0 spiro atoms. The Morgan fingerprint density at radius 1 is 1.23 bits per heavy atom. The SMILES string of the molecule is Cc1cccc(CN2C[C@@H]3CCN(c4cncnc4)C(=O)[C@H]3C2)n1.O=C(O)C(F)(F)F. The molecule has 4 rings (SSSR count). The Bertz CT molecular complexity index is 926. The van der Waals surface area contributed by atoms with Crippen LogP contribution in [0.25, 0.3) is 0 Å². The molecule has 0 unspecified atom stereocenters. The summed E-state index contributed by atoms with van der Waals surface area (Å²) < 4.78 is 31.7. The molecule has 1 N–H and O–H groups in total. The average molecular weight is 437 g/mol. The number of carbonyl (C=O) groups is 2. The van der Waals surface area contributed by atoms with E-state index in [0.29, 0.717) is 5.92 Å². The van der Waals surface area contributed by atoms with Gasteiger partial charge in [-0.1, -0.05) is 6.07 Å². The summed E-state index contributed by atoms with van der Waals surface area (Å²) in [5, 5.41) is 7.12. The van der Waals surface area contributed by atoms with Crippen LogP contribution in [-0.2, 0) is 16.1 Å². The summed E-state index contributed by atoms with van der Waals surface area (Å²) in [6.45, 7) is 5.37. The standard InChI is InChI=1S/C18H21N5O.C2HF3O2/c1-13-3-2-4-15(21-13)10-22-9-14-5-6-23(18(24)17(14)11-22)16-7-19-12-20-8-16;3-2(4,5)1(6)7/h2-4,7-8,12,14,17H,5-6,9-11H2,1H3;(H,6,7)/t14-,17-;/m0./s1. The quantitative estimate of drug-likeness (QED) is 0.787. The van der Waals surface area contributed by atoms with Gasteiger partial charge in [-0.3, -0.25) is 14.7 Å². The number of aryl methyl sites for hydroxylation is 1. The van der Waals surface area contributed by atoms with Crippen molar-refractivity contribution in [2.45, 2.75) is 26.1 Å². The van der Waals surface area contributed by atoms with Crippen LogP contribution < -0.4 is 4.90 Å². The molecule has 2 atom stereocenters. The van der Waals surface area contributed by atoms with Gasteiger partial charge in [-0.05, 0) is 31.4 Å². The number of rotatable bonds is 3. The number of amides is 1. The maximum absolute atomic E-state index is 12.9. The van der Waals surface area contributed by atoms with Crippen LogP contribution in [0.5, 0.6) is 0 Å². The molecule has 0 aliphatic carbocycles. The van der Waals surface area contributed by atoms with E-state index in [2.05, 4.69) is 25.9 Å². The van der Waals surface area contributed by atoms with Crippen LogP contribution in [0.4, 0.5) is 18.9 Å². The molecule has 166 valence electrons. The Labute approximate surface area is 176 Å². The number of carbonyl (C=O) groups excluding carboxylic acids is 1. The number of hydrogen-bond acceptors (Lipinski definition) is 6. The molecule has 2 aromatic heterocycles. The number of piperidine rings is 1. The molecular formula is C20H22F3N5O3. The van der Waals surface area contributed by atoms with Crippen LogP contribution in [0, 0.1) is 18.8 Å². The molecule has 11 heteroatoms. The molecule has 0 saturated carbocycles. The zero-order valence-electron chi connectivity index (χ0n) is 16.8. The van der Waals surface area contributed by atoms with Gasteiger partial charge in [-0.15, -0.1) is 0 Å². The van der Waals surface area contributed by atoms with E-state index in [1.165, 1.54) is 6.33 Å². The molecule has 2 aliphatic heterocycles. The molecule has 2 fully saturated rings. The highest BCUT2D eigenvalue weighted by atomic mass is 19.4. The molecule has 2 aromatic rings. The van der Waals surface area contributed by atoms with E-state index in [-0.39, 0.29) is 11.8 Å². The maximum Gasteiger partial charge on any atom is 0.490 e. The van der Waals surface area contributed by atoms with Gasteiger partial charge < -0.3 is 10.0 Å². The second-order valence-electron chi connectivity index (χ2n) is 7.51. The predicted octanol–water partition coefficient (Wildman–Crippen LogP) is 2.30. The number of halogens is 3. The molecule has 2 aliphatic rings. The Morgan fingerprint density at radius 3 is 2.52 bits per heavy atom. The first kappa shape index (κ1) is 22.6. The van der Waals surface area contributed by atoms with E-state index in [9.17, 15) is 18.0 Å². The number of pyridine rings is 1. The number of aromatic nitrogens is 3. The Balaban J connectivity index is 0.000000339. The summed E-state index contributed by atoms with van der Waals surface area (Å²) in [5.41, 5.74) is 2.92. The van der Waals surface area contributed by atoms with Gasteiger partial charge in [-0.2, -0.15) is 13.2 Å². The predicted molar refractivity (Wildman–Crippen MR) is 104 cm³/mol. The normalized spacial score (nSPS) is 21.3. The molecule has 8 nitrogen and oxygen atoms in total. The van der Waals surface area contributed by atoms with Gasteiger partial charge in [0.1, 0.15) is 6.33 Å². The lowest BCUT2D eigenvalue weighted by atomic mass is 9.88. The summed E-state index contributed by atoms with van der Waals surface area (Å²) in [5.74, 6) is -2.03. The summed E-state index contributed by atoms with van der Waals surface area (Å²) in [6, 6.07) is 6.12. The number of nitrogens with zero attached hydrogens (tertiary/aromatic N) is 5. The van der Waals surface area contributed by atoms with Crippen LogP contribution in [0.2, 0.25) is 0 Å². The molecule has 31 heavy (non-hydrogen) atoms. The minimum absolute atomic E-state index is 0.0729. The van der Waals surface area contributed by atoms with E-state index >= 15 is 0 Å². The van der Waals surface area contributed by atoms with Gasteiger partial charge in [-0.25, -0.2) is 14.8 Å². The minimum atomic E-state index is -5.08. The number of alkyl halides is 3. The molecule has 2 saturated heterocycles. The fourth-order valence-electron chi connectivity index (χ4n) is 3.87. The lowest BCUT2D eigenvalue weighted by molar-refractivity contribution is -0.192. The van der Waals surface area contributed by atoms with Crippen molar-refractivity contribution in [3.8, 4) is 0 Å². The first-order valence-electron chi connectivity index (χ1n) is 9.66. The third-order valence-corrected chi connectivity index (χ3v) is 5.26. The third kappa shape index (κ3) is 5.75. The fraction of sp³-hybridized carbons (Fsp3) is 0.450. The van der Waals surface area contributed by atoms with Crippen molar-refractivity contribution >= 4 is 17.6 Å². The lowest BCUT2D eigenvalue weighted by Gasteiger charge is -2.33. The van der Waals surface area contributed by atoms with Gasteiger partial charge in [0.05, 0.1) is 29.7 Å². The molecular weight excluding hydrogens is 415 g/mol. The van der Waals surface area contributed by atoms with Gasteiger partial charge in [0.2, 0.25) is 5.91 Å². The van der Waals surface area contributed by atoms with Crippen molar-refractivity contribution in [3.63, 3.8) is 0 Å². The zero-order chi connectivity index (χ0) is 22.6. The van der Waals surface area contributed by atoms with E-state index in [1.807, 2.05) is 24.0 Å². The van der Waals surface area contributed by atoms with E-state index in [1.54, 1.807) is 12.4 Å². The Morgan fingerprint density at radius 2 is 1.90 bits per heavy atom. The van der Waals surface area contributed by atoms with Crippen molar-refractivity contribution in [2.24, 2.45) is 11.8 Å². The second-order valence-corrected chi connectivity index (χ2v) is 7.51. The Kier molecular flexibility index (Phi) is 6.84. The second kappa shape index (κ2) is 9.38. The zero-order valence-corrected chi connectivity index (χ0v) is 16.8. The molecule has 1 amide bonds. The van der Waals surface area contributed by atoms with Crippen LogP contribution >= 0.6 is 0 Å². The number of likely N-dealkylation sites (tertiary alicyclic amines) is 1. The van der Waals surface area contributed by atoms with Crippen molar-refractivity contribution in [1.82, 2.24) is 19.9 Å². The number of aliphatic carboxylic acids is 1. The first-order valence-corrected chi connectivity index (χ1v) is 9.66. The van der Waals surface area contributed by atoms with Gasteiger partial charge in [0, 0.05) is 31.9 Å². The van der Waals surface area contributed by atoms with Crippen LogP contribution in [-0.4, -0.2) is 62.6 Å². The smallest absolute Gasteiger partial charge is 0.475 e. The summed E-state index contributed by atoms with van der Waals surface area (Å²) >= 11 is 0. The largest absolute Gasteiger partial charge is 0.490 e. The first-order chi connectivity index (χ1) is 14.6. The molecule has 0 aromatic carbocycles. The maximum atomic E-state index is 12.9. The summed E-state index contributed by atoms with van der Waals surface area (Å²) in [6.07, 6.45) is 0.874. The van der Waals surface area contributed by atoms with Crippen molar-refractivity contribution < 1.29 is 27.9 Å². The van der Waals surface area contributed by atoms with Crippen molar-refractivity contribution in [1.29, 1.82) is 0 Å². The van der Waals surface area contributed by atoms with Gasteiger partial charge in [0.15, 0.2) is 0 Å². The number of hydrogen-bond donors (Lipinski definition) is 1. The lowest BCUT2D eigenvalue weighted by Crippen LogP contribution is -2.45. The third-order valence-electron chi connectivity index (χ3n) is 5.26. The Hall–Kier alpha value is -3.08. The number of fused-ring (bicyclic) bond motifs is 1. The summed E-state index contributed by atoms with van der Waals surface area (Å²) in [7, 11) is 0. The monoisotopic (exact) mass is 437 g/mol. The fourth-order valence-corrected chi connectivity index (χ4v) is 3.87. The van der Waals surface area contributed by atoms with Crippen LogP contribution in [0.3, 0.4) is 0 Å². The molecule has 4 heterocycles. The highest BCUT2D eigenvalue weighted by Gasteiger charge is 2.43. The van der Waals surface area contributed by atoms with Crippen molar-refractivity contribution in [3.05, 3.63) is 48.3 Å². The highest BCUT2D eigenvalue weighted by Crippen LogP contribution is 2.34. The number of carboxylic acid groups (broad SMARTS) is 1. The topological polar surface area (TPSA) is 99.5 Å². The van der Waals surface area contributed by atoms with Gasteiger partial charge in [0.25, 0.3) is 0 Å². The van der Waals surface area contributed by atoms with Gasteiger partial charge >= 0.3 is 12.1 Å². The average Bonchev–Trinajstić information content (AvgIpc) is 3.12. The number of anilines is 1. The van der Waals surface area contributed by atoms with Crippen LogP contribution in [0.1, 0.15) is 17.8 Å². The van der Waals surface area contributed by atoms with E-state index in [4.69, 9.17) is 9.90 Å². The van der Waals surface area contributed by atoms with Crippen LogP contribution in [0.15, 0.2) is 36.9 Å². The highest BCUT2D eigenvalue weighted by molar-refractivity contribution is 5.96.